The zero-order chi connectivity index (χ0) is 17.8. The molecule has 25 heavy (non-hydrogen) atoms. The highest BCUT2D eigenvalue weighted by molar-refractivity contribution is 7.99. The van der Waals surface area contributed by atoms with Crippen LogP contribution in [0, 0.1) is 0 Å². The number of hydrogen-bond donors (Lipinski definition) is 1. The quantitative estimate of drug-likeness (QED) is 0.503. The van der Waals surface area contributed by atoms with Crippen molar-refractivity contribution in [2.24, 2.45) is 0 Å². The summed E-state index contributed by atoms with van der Waals surface area (Å²) in [7, 11) is 0. The lowest BCUT2D eigenvalue weighted by Crippen LogP contribution is -2.19. The highest BCUT2D eigenvalue weighted by Gasteiger charge is 2.14. The Morgan fingerprint density at radius 3 is 2.64 bits per heavy atom. The third-order valence-electron chi connectivity index (χ3n) is 4.56. The minimum absolute atomic E-state index is 0.00135. The molecule has 1 aromatic heterocycles. The molecule has 3 rings (SSSR count). The standard InChI is InChI=1S/C21H24N2OS/c1-4-14(3)25-21-22-19(17(5-2)20(24)23-21)13-16-11-8-10-15-9-6-7-12-18(15)16/h6-12,14H,4-5,13H2,1-3H3,(H,22,23,24). The fraction of sp³-hybridized carbons (Fsp3) is 0.333. The maximum atomic E-state index is 12.5. The number of benzene rings is 2. The van der Waals surface area contributed by atoms with Gasteiger partial charge in [-0.15, -0.1) is 0 Å². The average molecular weight is 353 g/mol. The van der Waals surface area contributed by atoms with Gasteiger partial charge in [0.05, 0.1) is 5.69 Å². The molecule has 4 heteroatoms. The Bertz CT molecular complexity index is 927. The van der Waals surface area contributed by atoms with E-state index in [0.717, 1.165) is 22.8 Å². The smallest absolute Gasteiger partial charge is 0.254 e. The van der Waals surface area contributed by atoms with Crippen molar-refractivity contribution in [1.29, 1.82) is 0 Å². The summed E-state index contributed by atoms with van der Waals surface area (Å²) in [6, 6.07) is 14.7. The van der Waals surface area contributed by atoms with Crippen LogP contribution in [0.1, 0.15) is 44.0 Å². The lowest BCUT2D eigenvalue weighted by atomic mass is 9.99. The molecular weight excluding hydrogens is 328 g/mol. The molecule has 0 saturated carbocycles. The van der Waals surface area contributed by atoms with Crippen LogP contribution in [-0.2, 0) is 12.8 Å². The van der Waals surface area contributed by atoms with Crippen LogP contribution >= 0.6 is 11.8 Å². The van der Waals surface area contributed by atoms with Gasteiger partial charge in [0.15, 0.2) is 5.16 Å². The number of nitrogens with one attached hydrogen (secondary N) is 1. The van der Waals surface area contributed by atoms with Gasteiger partial charge in [0.2, 0.25) is 0 Å². The van der Waals surface area contributed by atoms with E-state index in [2.05, 4.69) is 61.3 Å². The molecule has 1 unspecified atom stereocenters. The van der Waals surface area contributed by atoms with E-state index in [1.807, 2.05) is 6.92 Å². The van der Waals surface area contributed by atoms with Gasteiger partial charge in [-0.1, -0.05) is 75.0 Å². The first kappa shape index (κ1) is 17.7. The summed E-state index contributed by atoms with van der Waals surface area (Å²) in [6.45, 7) is 6.32. The van der Waals surface area contributed by atoms with Crippen molar-refractivity contribution in [2.75, 3.05) is 0 Å². The molecule has 3 nitrogen and oxygen atoms in total. The predicted octanol–water partition coefficient (Wildman–Crippen LogP) is 4.97. The molecule has 1 heterocycles. The summed E-state index contributed by atoms with van der Waals surface area (Å²) in [5.74, 6) is 0. The molecule has 0 aliphatic carbocycles. The molecule has 0 bridgehead atoms. The van der Waals surface area contributed by atoms with Crippen LogP contribution in [0.25, 0.3) is 10.8 Å². The fourth-order valence-corrected chi connectivity index (χ4v) is 3.85. The molecule has 1 atom stereocenters. The number of nitrogens with zero attached hydrogens (tertiary/aromatic N) is 1. The molecule has 1 N–H and O–H groups in total. The van der Waals surface area contributed by atoms with E-state index < -0.39 is 0 Å². The second-order valence-electron chi connectivity index (χ2n) is 6.30. The van der Waals surface area contributed by atoms with E-state index in [0.29, 0.717) is 18.1 Å². The largest absolute Gasteiger partial charge is 0.301 e. The van der Waals surface area contributed by atoms with Crippen molar-refractivity contribution in [2.45, 2.75) is 50.4 Å². The van der Waals surface area contributed by atoms with Gasteiger partial charge in [-0.2, -0.15) is 0 Å². The van der Waals surface area contributed by atoms with Crippen molar-refractivity contribution in [3.63, 3.8) is 0 Å². The molecule has 3 aromatic rings. The Morgan fingerprint density at radius 1 is 1.12 bits per heavy atom. The maximum absolute atomic E-state index is 12.5. The van der Waals surface area contributed by atoms with Crippen molar-refractivity contribution in [3.8, 4) is 0 Å². The summed E-state index contributed by atoms with van der Waals surface area (Å²) < 4.78 is 0. The summed E-state index contributed by atoms with van der Waals surface area (Å²) in [5.41, 5.74) is 2.90. The molecule has 2 aromatic carbocycles. The number of rotatable bonds is 6. The SMILES string of the molecule is CCc1c(Cc2cccc3ccccc23)nc(SC(C)CC)[nH]c1=O. The number of aromatic nitrogens is 2. The number of fused-ring (bicyclic) bond motifs is 1. The minimum Gasteiger partial charge on any atom is -0.301 e. The van der Waals surface area contributed by atoms with E-state index in [1.54, 1.807) is 11.8 Å². The highest BCUT2D eigenvalue weighted by Crippen LogP contribution is 2.24. The van der Waals surface area contributed by atoms with Gasteiger partial charge in [0, 0.05) is 17.2 Å². The van der Waals surface area contributed by atoms with Gasteiger partial charge in [-0.3, -0.25) is 4.79 Å². The third kappa shape index (κ3) is 3.96. The monoisotopic (exact) mass is 352 g/mol. The van der Waals surface area contributed by atoms with Crippen LogP contribution < -0.4 is 5.56 Å². The fourth-order valence-electron chi connectivity index (χ4n) is 2.99. The number of aromatic amines is 1. The Hall–Kier alpha value is -2.07. The average Bonchev–Trinajstić information content (AvgIpc) is 2.62. The summed E-state index contributed by atoms with van der Waals surface area (Å²) in [6.07, 6.45) is 2.42. The Morgan fingerprint density at radius 2 is 1.88 bits per heavy atom. The van der Waals surface area contributed by atoms with Crippen LogP contribution in [0.5, 0.6) is 0 Å². The van der Waals surface area contributed by atoms with E-state index in [4.69, 9.17) is 4.98 Å². The molecule has 0 radical (unpaired) electrons. The second-order valence-corrected chi connectivity index (χ2v) is 7.73. The molecule has 0 amide bonds. The van der Waals surface area contributed by atoms with Gasteiger partial charge >= 0.3 is 0 Å². The molecule has 0 aliphatic rings. The first-order valence-electron chi connectivity index (χ1n) is 8.87. The Kier molecular flexibility index (Phi) is 5.59. The van der Waals surface area contributed by atoms with Crippen molar-refractivity contribution >= 4 is 22.5 Å². The van der Waals surface area contributed by atoms with Crippen LogP contribution in [0.15, 0.2) is 52.4 Å². The number of thioether (sulfide) groups is 1. The molecule has 130 valence electrons. The topological polar surface area (TPSA) is 45.8 Å². The van der Waals surface area contributed by atoms with Crippen molar-refractivity contribution < 1.29 is 0 Å². The lowest BCUT2D eigenvalue weighted by molar-refractivity contribution is 0.824. The minimum atomic E-state index is -0.00135. The van der Waals surface area contributed by atoms with Crippen molar-refractivity contribution in [1.82, 2.24) is 9.97 Å². The van der Waals surface area contributed by atoms with Gasteiger partial charge in [0.1, 0.15) is 0 Å². The normalized spacial score (nSPS) is 12.4. The molecule has 0 saturated heterocycles. The first-order chi connectivity index (χ1) is 12.1. The highest BCUT2D eigenvalue weighted by atomic mass is 32.2. The first-order valence-corrected chi connectivity index (χ1v) is 9.75. The van der Waals surface area contributed by atoms with Gasteiger partial charge in [0.25, 0.3) is 5.56 Å². The third-order valence-corrected chi connectivity index (χ3v) is 5.71. The summed E-state index contributed by atoms with van der Waals surface area (Å²) in [4.78, 5) is 20.3. The molecule has 0 spiro atoms. The van der Waals surface area contributed by atoms with E-state index >= 15 is 0 Å². The van der Waals surface area contributed by atoms with E-state index in [9.17, 15) is 4.79 Å². The molecular formula is C21H24N2OS. The zero-order valence-electron chi connectivity index (χ0n) is 15.0. The van der Waals surface area contributed by atoms with Gasteiger partial charge < -0.3 is 4.98 Å². The summed E-state index contributed by atoms with van der Waals surface area (Å²) in [5, 5.41) is 3.61. The lowest BCUT2D eigenvalue weighted by Gasteiger charge is -2.12. The number of hydrogen-bond acceptors (Lipinski definition) is 3. The van der Waals surface area contributed by atoms with Gasteiger partial charge in [-0.25, -0.2) is 4.98 Å². The van der Waals surface area contributed by atoms with Crippen LogP contribution in [0.2, 0.25) is 0 Å². The van der Waals surface area contributed by atoms with E-state index in [-0.39, 0.29) is 5.56 Å². The molecule has 0 aliphatic heterocycles. The van der Waals surface area contributed by atoms with Gasteiger partial charge in [-0.05, 0) is 29.2 Å². The Balaban J connectivity index is 2.04. The predicted molar refractivity (Wildman–Crippen MR) is 107 cm³/mol. The van der Waals surface area contributed by atoms with E-state index in [1.165, 1.54) is 16.3 Å². The summed E-state index contributed by atoms with van der Waals surface area (Å²) >= 11 is 1.64. The maximum Gasteiger partial charge on any atom is 0.254 e. The van der Waals surface area contributed by atoms with Crippen LogP contribution in [-0.4, -0.2) is 15.2 Å². The van der Waals surface area contributed by atoms with Crippen molar-refractivity contribution in [3.05, 3.63) is 69.6 Å². The Labute approximate surface area is 152 Å². The molecule has 0 fully saturated rings. The number of H-pyrrole nitrogens is 1. The second kappa shape index (κ2) is 7.87. The van der Waals surface area contributed by atoms with Crippen LogP contribution in [0.3, 0.4) is 0 Å². The zero-order valence-corrected chi connectivity index (χ0v) is 15.8. The van der Waals surface area contributed by atoms with Crippen LogP contribution in [0.4, 0.5) is 0 Å².